The number of nitrogens with two attached hydrogens (primary N) is 1. The van der Waals surface area contributed by atoms with Crippen molar-refractivity contribution < 1.29 is 14.4 Å². The van der Waals surface area contributed by atoms with Crippen molar-refractivity contribution in [1.29, 1.82) is 0 Å². The number of rotatable bonds is 1. The average molecular weight is 109 g/mol. The Morgan fingerprint density at radius 2 is 1.83 bits per heavy atom. The molecule has 0 aliphatic rings. The lowest BCUT2D eigenvalue weighted by atomic mass is 11.6. The van der Waals surface area contributed by atoms with E-state index < -0.39 is 13.9 Å². The fourth-order valence-electron chi connectivity index (χ4n) is 0. The van der Waals surface area contributed by atoms with Gasteiger partial charge in [0, 0.05) is 6.29 Å². The fraction of sp³-hybridized carbons (Fsp3) is 1.00. The maximum Gasteiger partial charge on any atom is 0.0205 e. The summed E-state index contributed by atoms with van der Waals surface area (Å²) in [6.07, 6.45) is -0.785. The molecule has 0 rings (SSSR count). The van der Waals surface area contributed by atoms with Crippen molar-refractivity contribution in [2.45, 2.75) is 0 Å². The SMILES string of the molecule is NCP(=O)([O-])[O-]. The Hall–Kier alpha value is 0.110. The Morgan fingerprint density at radius 3 is 1.83 bits per heavy atom. The van der Waals surface area contributed by atoms with Gasteiger partial charge in [0.1, 0.15) is 0 Å². The van der Waals surface area contributed by atoms with Gasteiger partial charge in [-0.15, -0.1) is 0 Å². The molecule has 0 radical (unpaired) electrons. The molecular formula is CH4NO3P-2. The van der Waals surface area contributed by atoms with Crippen LogP contribution >= 0.6 is 7.60 Å². The second kappa shape index (κ2) is 1.71. The molecular weight excluding hydrogens is 105 g/mol. The van der Waals surface area contributed by atoms with Crippen LogP contribution in [0.3, 0.4) is 0 Å². The van der Waals surface area contributed by atoms with Gasteiger partial charge in [0.25, 0.3) is 0 Å². The Labute approximate surface area is 35.1 Å². The Balaban J connectivity index is 3.48. The highest BCUT2D eigenvalue weighted by Crippen LogP contribution is 2.17. The molecule has 0 amide bonds. The predicted molar refractivity (Wildman–Crippen MR) is 16.7 cm³/mol. The van der Waals surface area contributed by atoms with Gasteiger partial charge in [-0.05, 0) is 0 Å². The quantitative estimate of drug-likeness (QED) is 0.387. The van der Waals surface area contributed by atoms with Crippen LogP contribution in [0, 0.1) is 0 Å². The lowest BCUT2D eigenvalue weighted by Crippen LogP contribution is -2.20. The molecule has 38 valence electrons. The smallest absolute Gasteiger partial charge is 0.0205 e. The van der Waals surface area contributed by atoms with Gasteiger partial charge in [0.15, 0.2) is 0 Å². The fourth-order valence-corrected chi connectivity index (χ4v) is 0. The summed E-state index contributed by atoms with van der Waals surface area (Å²) in [6, 6.07) is 0. The van der Waals surface area contributed by atoms with Crippen molar-refractivity contribution in [2.75, 3.05) is 6.29 Å². The van der Waals surface area contributed by atoms with Crippen LogP contribution in [0.5, 0.6) is 0 Å². The first-order valence-electron chi connectivity index (χ1n) is 1.27. The molecule has 0 atom stereocenters. The maximum atomic E-state index is 9.35. The minimum atomic E-state index is -4.37. The van der Waals surface area contributed by atoms with Gasteiger partial charge in [-0.1, -0.05) is 7.60 Å². The van der Waals surface area contributed by atoms with Crippen LogP contribution in [0.25, 0.3) is 0 Å². The van der Waals surface area contributed by atoms with Gasteiger partial charge < -0.3 is 20.1 Å². The van der Waals surface area contributed by atoms with Crippen LogP contribution in [-0.2, 0) is 4.57 Å². The van der Waals surface area contributed by atoms with E-state index >= 15 is 0 Å². The Bertz CT molecular complexity index is 74.9. The zero-order valence-corrected chi connectivity index (χ0v) is 3.85. The highest BCUT2D eigenvalue weighted by Gasteiger charge is 1.76. The molecule has 0 aromatic heterocycles. The zero-order valence-electron chi connectivity index (χ0n) is 2.96. The lowest BCUT2D eigenvalue weighted by Gasteiger charge is -2.26. The molecule has 0 aromatic carbocycles. The van der Waals surface area contributed by atoms with Gasteiger partial charge in [-0.25, -0.2) is 0 Å². The van der Waals surface area contributed by atoms with E-state index in [9.17, 15) is 14.4 Å². The molecule has 6 heavy (non-hydrogen) atoms. The first-order chi connectivity index (χ1) is 2.56. The summed E-state index contributed by atoms with van der Waals surface area (Å²) in [5.41, 5.74) is 4.42. The van der Waals surface area contributed by atoms with Crippen molar-refractivity contribution in [3.8, 4) is 0 Å². The van der Waals surface area contributed by atoms with Crippen LogP contribution in [0.2, 0.25) is 0 Å². The van der Waals surface area contributed by atoms with Crippen molar-refractivity contribution in [2.24, 2.45) is 5.73 Å². The summed E-state index contributed by atoms with van der Waals surface area (Å²) in [6.45, 7) is 0. The molecule has 0 aliphatic carbocycles. The second-order valence-corrected chi connectivity index (χ2v) is 2.38. The zero-order chi connectivity index (χ0) is 5.21. The molecule has 0 bridgehead atoms. The first-order valence-corrected chi connectivity index (χ1v) is 3.00. The van der Waals surface area contributed by atoms with Gasteiger partial charge in [0.2, 0.25) is 0 Å². The molecule has 0 heterocycles. The minimum absolute atomic E-state index is 0.785. The molecule has 0 spiro atoms. The molecule has 5 heteroatoms. The Kier molecular flexibility index (Phi) is 1.74. The van der Waals surface area contributed by atoms with E-state index in [1.165, 1.54) is 0 Å². The largest absolute Gasteiger partial charge is 0.810 e. The Morgan fingerprint density at radius 1 is 1.67 bits per heavy atom. The molecule has 0 saturated carbocycles. The van der Waals surface area contributed by atoms with Crippen LogP contribution in [-0.4, -0.2) is 6.29 Å². The molecule has 2 N–H and O–H groups in total. The lowest BCUT2D eigenvalue weighted by molar-refractivity contribution is -0.313. The van der Waals surface area contributed by atoms with Crippen molar-refractivity contribution in [3.05, 3.63) is 0 Å². The topological polar surface area (TPSA) is 89.2 Å². The van der Waals surface area contributed by atoms with E-state index in [4.69, 9.17) is 0 Å². The second-order valence-electron chi connectivity index (χ2n) is 0.793. The summed E-state index contributed by atoms with van der Waals surface area (Å²) < 4.78 is 9.35. The normalized spacial score (nSPS) is 11.8. The summed E-state index contributed by atoms with van der Waals surface area (Å²) in [5, 5.41) is 0. The third-order valence-corrected chi connectivity index (χ3v) is 0.671. The van der Waals surface area contributed by atoms with Crippen molar-refractivity contribution >= 4 is 7.60 Å². The molecule has 0 unspecified atom stereocenters. The predicted octanol–water partition coefficient (Wildman–Crippen LogP) is -2.18. The minimum Gasteiger partial charge on any atom is -0.810 e. The van der Waals surface area contributed by atoms with E-state index in [1.54, 1.807) is 0 Å². The summed E-state index contributed by atoms with van der Waals surface area (Å²) in [7, 11) is -4.37. The van der Waals surface area contributed by atoms with Gasteiger partial charge in [-0.3, -0.25) is 0 Å². The number of hydrogen-bond donors (Lipinski definition) is 1. The van der Waals surface area contributed by atoms with E-state index in [-0.39, 0.29) is 0 Å². The molecule has 0 aliphatic heterocycles. The highest BCUT2D eigenvalue weighted by atomic mass is 31.2. The van der Waals surface area contributed by atoms with E-state index in [1.807, 2.05) is 0 Å². The molecule has 0 fully saturated rings. The van der Waals surface area contributed by atoms with E-state index in [2.05, 4.69) is 5.73 Å². The van der Waals surface area contributed by atoms with E-state index in [0.29, 0.717) is 0 Å². The maximum absolute atomic E-state index is 9.35. The summed E-state index contributed by atoms with van der Waals surface area (Å²) in [5.74, 6) is 0. The van der Waals surface area contributed by atoms with Crippen LogP contribution in [0.15, 0.2) is 0 Å². The first kappa shape index (κ1) is 6.11. The van der Waals surface area contributed by atoms with E-state index in [0.717, 1.165) is 0 Å². The van der Waals surface area contributed by atoms with Crippen LogP contribution in [0.1, 0.15) is 0 Å². The molecule has 0 aromatic rings. The third-order valence-electron chi connectivity index (χ3n) is 0.224. The summed E-state index contributed by atoms with van der Waals surface area (Å²) >= 11 is 0. The highest BCUT2D eigenvalue weighted by molar-refractivity contribution is 7.48. The standard InChI is InChI=1S/CH6NO3P/c2-1-6(3,4)5/h1-2H2,(H2,3,4,5)/p-2. The average Bonchev–Trinajstić information content (AvgIpc) is 1.35. The van der Waals surface area contributed by atoms with Crippen molar-refractivity contribution in [3.63, 3.8) is 0 Å². The molecule has 0 saturated heterocycles. The molecule has 4 nitrogen and oxygen atoms in total. The van der Waals surface area contributed by atoms with Gasteiger partial charge >= 0.3 is 0 Å². The van der Waals surface area contributed by atoms with Gasteiger partial charge in [-0.2, -0.15) is 0 Å². The number of hydrogen-bond acceptors (Lipinski definition) is 4. The van der Waals surface area contributed by atoms with Crippen LogP contribution < -0.4 is 15.5 Å². The van der Waals surface area contributed by atoms with Gasteiger partial charge in [0.05, 0.1) is 0 Å². The van der Waals surface area contributed by atoms with Crippen molar-refractivity contribution in [1.82, 2.24) is 0 Å². The summed E-state index contributed by atoms with van der Waals surface area (Å²) in [4.78, 5) is 18.7. The van der Waals surface area contributed by atoms with Crippen LogP contribution in [0.4, 0.5) is 0 Å². The third kappa shape index (κ3) is 4.11. The monoisotopic (exact) mass is 109 g/mol.